The fraction of sp³-hybridized carbons (Fsp3) is 1.00. The normalized spacial score (nSPS) is 12.6. The molecule has 4 heteroatoms. The molecule has 0 aromatic rings. The zero-order chi connectivity index (χ0) is 26.6. The molecule has 0 aliphatic carbocycles. The lowest BCUT2D eigenvalue weighted by molar-refractivity contribution is -0.893. The van der Waals surface area contributed by atoms with E-state index in [2.05, 4.69) is 27.9 Å². The molecule has 0 aliphatic heterocycles. The summed E-state index contributed by atoms with van der Waals surface area (Å²) in [6, 6.07) is 0. The van der Waals surface area contributed by atoms with Crippen LogP contribution in [-0.2, 0) is 4.74 Å². The number of rotatable bonds is 30. The highest BCUT2D eigenvalue weighted by atomic mass is 35.5. The molecule has 37 heavy (non-hydrogen) atoms. The minimum Gasteiger partial charge on any atom is -1.00 e. The minimum atomic E-state index is -0.338. The van der Waals surface area contributed by atoms with Crippen molar-refractivity contribution < 1.29 is 26.7 Å². The highest BCUT2D eigenvalue weighted by Gasteiger charge is 2.20. The molecule has 0 heterocycles. The topological polar surface area (TPSA) is 29.5 Å². The van der Waals surface area contributed by atoms with Gasteiger partial charge >= 0.3 is 0 Å². The molecular formula is C33H70ClNO2. The summed E-state index contributed by atoms with van der Waals surface area (Å²) in [5, 5.41) is 10.4. The first-order valence-electron chi connectivity index (χ1n) is 16.6. The van der Waals surface area contributed by atoms with Crippen molar-refractivity contribution in [3.8, 4) is 0 Å². The zero-order valence-electron chi connectivity index (χ0n) is 26.1. The predicted octanol–water partition coefficient (Wildman–Crippen LogP) is 6.85. The molecule has 3 nitrogen and oxygen atoms in total. The van der Waals surface area contributed by atoms with E-state index in [9.17, 15) is 5.11 Å². The van der Waals surface area contributed by atoms with E-state index in [-0.39, 0.29) is 18.5 Å². The maximum atomic E-state index is 10.4. The molecule has 1 atom stereocenters. The van der Waals surface area contributed by atoms with Gasteiger partial charge in [0, 0.05) is 6.61 Å². The minimum absolute atomic E-state index is 0. The first-order chi connectivity index (χ1) is 17.5. The summed E-state index contributed by atoms with van der Waals surface area (Å²) in [4.78, 5) is 0. The van der Waals surface area contributed by atoms with Crippen molar-refractivity contribution >= 4 is 0 Å². The number of aliphatic hydroxyl groups is 1. The van der Waals surface area contributed by atoms with E-state index < -0.39 is 0 Å². The molecule has 226 valence electrons. The Labute approximate surface area is 240 Å². The summed E-state index contributed by atoms with van der Waals surface area (Å²) in [6.45, 7) is 7.84. The van der Waals surface area contributed by atoms with E-state index in [1.54, 1.807) is 0 Å². The molecule has 0 rings (SSSR count). The highest BCUT2D eigenvalue weighted by molar-refractivity contribution is 4.54. The van der Waals surface area contributed by atoms with Gasteiger partial charge in [0.2, 0.25) is 0 Å². The number of unbranched alkanes of at least 4 members (excludes halogenated alkanes) is 22. The highest BCUT2D eigenvalue weighted by Crippen LogP contribution is 2.14. The number of ether oxygens (including phenoxy) is 1. The summed E-state index contributed by atoms with van der Waals surface area (Å²) >= 11 is 0. The lowest BCUT2D eigenvalue weighted by Gasteiger charge is -2.32. The van der Waals surface area contributed by atoms with Crippen LogP contribution in [-0.4, -0.2) is 56.1 Å². The Morgan fingerprint density at radius 1 is 0.514 bits per heavy atom. The molecular weight excluding hydrogens is 478 g/mol. The van der Waals surface area contributed by atoms with Crippen LogP contribution in [0.15, 0.2) is 0 Å². The molecule has 1 N–H and O–H groups in total. The largest absolute Gasteiger partial charge is 1.00 e. The van der Waals surface area contributed by atoms with Crippen LogP contribution in [0.3, 0.4) is 0 Å². The van der Waals surface area contributed by atoms with E-state index in [4.69, 9.17) is 4.74 Å². The van der Waals surface area contributed by atoms with Gasteiger partial charge in [0.15, 0.2) is 0 Å². The Morgan fingerprint density at radius 2 is 0.838 bits per heavy atom. The van der Waals surface area contributed by atoms with Gasteiger partial charge in [-0.2, -0.15) is 0 Å². The van der Waals surface area contributed by atoms with E-state index in [1.165, 1.54) is 148 Å². The standard InChI is InChI=1S/C33H70NO2.ClH/c1-5-7-9-11-13-15-17-18-19-20-21-23-25-27-29-34(3,4)31-33(35)32-36-30-28-26-24-22-16-14-12-10-8-6-2;/h33,35H,5-32H2,1-4H3;1H/q+1;/p-1. The summed E-state index contributed by atoms with van der Waals surface area (Å²) in [5.74, 6) is 0. The van der Waals surface area contributed by atoms with Gasteiger partial charge in [-0.05, 0) is 19.3 Å². The first-order valence-corrected chi connectivity index (χ1v) is 16.6. The second-order valence-electron chi connectivity index (χ2n) is 12.3. The van der Waals surface area contributed by atoms with Crippen molar-refractivity contribution in [2.24, 2.45) is 0 Å². The quantitative estimate of drug-likeness (QED) is 0.0787. The zero-order valence-corrected chi connectivity index (χ0v) is 26.8. The molecule has 0 aromatic heterocycles. The Morgan fingerprint density at radius 3 is 1.22 bits per heavy atom. The van der Waals surface area contributed by atoms with E-state index in [1.807, 2.05) is 0 Å². The van der Waals surface area contributed by atoms with Gasteiger partial charge in [-0.15, -0.1) is 0 Å². The summed E-state index contributed by atoms with van der Waals surface area (Å²) < 4.78 is 6.68. The van der Waals surface area contributed by atoms with Crippen LogP contribution in [0.2, 0.25) is 0 Å². The molecule has 0 radical (unpaired) electrons. The molecule has 0 spiro atoms. The Bertz CT molecular complexity index is 419. The third kappa shape index (κ3) is 32.3. The van der Waals surface area contributed by atoms with Gasteiger partial charge in [0.1, 0.15) is 12.6 Å². The second-order valence-corrected chi connectivity index (χ2v) is 12.3. The van der Waals surface area contributed by atoms with Crippen LogP contribution in [0.4, 0.5) is 0 Å². The third-order valence-corrected chi connectivity index (χ3v) is 7.77. The second kappa shape index (κ2) is 30.7. The predicted molar refractivity (Wildman–Crippen MR) is 161 cm³/mol. The van der Waals surface area contributed by atoms with Gasteiger partial charge in [-0.3, -0.25) is 0 Å². The number of quaternary nitrogens is 1. The van der Waals surface area contributed by atoms with Gasteiger partial charge in [0.05, 0.1) is 27.2 Å². The smallest absolute Gasteiger partial charge is 0.126 e. The molecule has 1 unspecified atom stereocenters. The van der Waals surface area contributed by atoms with Gasteiger partial charge in [-0.1, -0.05) is 149 Å². The van der Waals surface area contributed by atoms with Crippen LogP contribution < -0.4 is 12.4 Å². The number of likely N-dealkylation sites (N-methyl/N-ethyl adjacent to an activating group) is 1. The summed E-state index contributed by atoms with van der Waals surface area (Å²) in [5.41, 5.74) is 0. The van der Waals surface area contributed by atoms with Crippen LogP contribution in [0.5, 0.6) is 0 Å². The van der Waals surface area contributed by atoms with Crippen LogP contribution >= 0.6 is 0 Å². The maximum absolute atomic E-state index is 10.4. The lowest BCUT2D eigenvalue weighted by atomic mass is 10.0. The third-order valence-electron chi connectivity index (χ3n) is 7.77. The summed E-state index contributed by atoms with van der Waals surface area (Å²) in [6.07, 6.45) is 32.9. The monoisotopic (exact) mass is 548 g/mol. The average Bonchev–Trinajstić information content (AvgIpc) is 2.84. The Balaban J connectivity index is 0. The van der Waals surface area contributed by atoms with E-state index in [0.29, 0.717) is 6.61 Å². The lowest BCUT2D eigenvalue weighted by Crippen LogP contribution is -3.00. The number of halogens is 1. The van der Waals surface area contributed by atoms with Crippen molar-refractivity contribution in [1.29, 1.82) is 0 Å². The Hall–Kier alpha value is 0.170. The number of hydrogen-bond donors (Lipinski definition) is 1. The van der Waals surface area contributed by atoms with Gasteiger partial charge < -0.3 is 26.7 Å². The van der Waals surface area contributed by atoms with Crippen molar-refractivity contribution in [1.82, 2.24) is 0 Å². The molecule has 0 aliphatic rings. The SMILES string of the molecule is CCCCCCCCCCCCCCCC[N+](C)(C)CC(O)COCCCCCCCCCCCC.[Cl-]. The molecule has 0 aromatic carbocycles. The fourth-order valence-electron chi connectivity index (χ4n) is 5.36. The molecule has 0 saturated heterocycles. The maximum Gasteiger partial charge on any atom is 0.126 e. The van der Waals surface area contributed by atoms with E-state index in [0.717, 1.165) is 30.6 Å². The Kier molecular flexibility index (Phi) is 32.6. The average molecular weight is 548 g/mol. The molecule has 0 amide bonds. The van der Waals surface area contributed by atoms with E-state index >= 15 is 0 Å². The number of aliphatic hydroxyl groups excluding tert-OH is 1. The molecule has 0 saturated carbocycles. The van der Waals surface area contributed by atoms with Gasteiger partial charge in [-0.25, -0.2) is 0 Å². The summed E-state index contributed by atoms with van der Waals surface area (Å²) in [7, 11) is 4.52. The first kappa shape index (κ1) is 39.3. The van der Waals surface area contributed by atoms with Crippen molar-refractivity contribution in [3.63, 3.8) is 0 Å². The fourth-order valence-corrected chi connectivity index (χ4v) is 5.36. The van der Waals surface area contributed by atoms with Crippen molar-refractivity contribution in [3.05, 3.63) is 0 Å². The molecule has 0 fully saturated rings. The number of hydrogen-bond acceptors (Lipinski definition) is 2. The van der Waals surface area contributed by atoms with Crippen LogP contribution in [0.25, 0.3) is 0 Å². The van der Waals surface area contributed by atoms with Crippen molar-refractivity contribution in [2.45, 2.75) is 174 Å². The van der Waals surface area contributed by atoms with Crippen LogP contribution in [0.1, 0.15) is 168 Å². The number of nitrogens with zero attached hydrogens (tertiary/aromatic N) is 1. The van der Waals surface area contributed by atoms with Gasteiger partial charge in [0.25, 0.3) is 0 Å². The molecule has 0 bridgehead atoms. The van der Waals surface area contributed by atoms with Crippen LogP contribution in [0, 0.1) is 0 Å². The van der Waals surface area contributed by atoms with Crippen molar-refractivity contribution in [2.75, 3.05) is 40.4 Å².